The first-order chi connectivity index (χ1) is 11.0. The zero-order chi connectivity index (χ0) is 16.4. The number of hydrogen-bond donors (Lipinski definition) is 1. The molecule has 0 fully saturated rings. The van der Waals surface area contributed by atoms with Gasteiger partial charge < -0.3 is 4.74 Å². The van der Waals surface area contributed by atoms with Crippen LogP contribution in [0.1, 0.15) is 39.5 Å². The maximum atomic E-state index is 12.4. The van der Waals surface area contributed by atoms with Gasteiger partial charge in [0.2, 0.25) is 0 Å². The summed E-state index contributed by atoms with van der Waals surface area (Å²) in [7, 11) is 0. The molecule has 2 aromatic heterocycles. The number of ether oxygens (including phenoxy) is 1. The first-order valence-electron chi connectivity index (χ1n) is 7.15. The third kappa shape index (κ3) is 3.29. The van der Waals surface area contributed by atoms with E-state index in [2.05, 4.69) is 20.2 Å². The van der Waals surface area contributed by atoms with Crippen molar-refractivity contribution in [3.63, 3.8) is 0 Å². The van der Waals surface area contributed by atoms with Gasteiger partial charge in [0.25, 0.3) is 0 Å². The number of aromatic nitrogens is 4. The number of nitrogens with one attached hydrogen (secondary N) is 1. The fourth-order valence-electron chi connectivity index (χ4n) is 2.20. The molecule has 0 saturated carbocycles. The van der Waals surface area contributed by atoms with E-state index in [-0.39, 0.29) is 12.1 Å². The molecule has 2 heterocycles. The minimum absolute atomic E-state index is 0.322. The Morgan fingerprint density at radius 2 is 2.17 bits per heavy atom. The van der Waals surface area contributed by atoms with E-state index in [0.717, 1.165) is 11.1 Å². The average Bonchev–Trinajstić information content (AvgIpc) is 3.16. The van der Waals surface area contributed by atoms with Crippen molar-refractivity contribution in [2.24, 2.45) is 0 Å². The molecule has 7 heteroatoms. The Labute approximate surface area is 137 Å². The van der Waals surface area contributed by atoms with Crippen molar-refractivity contribution in [2.75, 3.05) is 0 Å². The number of hydrogen-bond acceptors (Lipinski definition) is 6. The number of esters is 1. The first kappa shape index (κ1) is 15.4. The molecule has 0 saturated heterocycles. The van der Waals surface area contributed by atoms with Gasteiger partial charge >= 0.3 is 5.97 Å². The number of nitrogens with zero attached hydrogens (tertiary/aromatic N) is 3. The quantitative estimate of drug-likeness (QED) is 0.742. The number of aryl methyl sites for hydroxylation is 2. The van der Waals surface area contributed by atoms with Crippen LogP contribution in [0, 0.1) is 13.8 Å². The lowest BCUT2D eigenvalue weighted by Gasteiger charge is -2.13. The molecule has 1 aromatic carbocycles. The smallest absolute Gasteiger partial charge is 0.350 e. The number of aromatic amines is 1. The summed E-state index contributed by atoms with van der Waals surface area (Å²) >= 11 is 1.25. The van der Waals surface area contributed by atoms with Gasteiger partial charge in [0, 0.05) is 0 Å². The highest BCUT2D eigenvalue weighted by Gasteiger charge is 2.21. The summed E-state index contributed by atoms with van der Waals surface area (Å²) in [5.41, 5.74) is 2.73. The molecule has 0 bridgehead atoms. The summed E-state index contributed by atoms with van der Waals surface area (Å²) in [5.74, 6) is 0.170. The van der Waals surface area contributed by atoms with Crippen LogP contribution in [-0.2, 0) is 4.74 Å². The third-order valence-corrected chi connectivity index (χ3v) is 4.54. The average molecular weight is 328 g/mol. The van der Waals surface area contributed by atoms with E-state index in [9.17, 15) is 4.79 Å². The van der Waals surface area contributed by atoms with Crippen LogP contribution >= 0.6 is 11.3 Å². The van der Waals surface area contributed by atoms with E-state index in [0.29, 0.717) is 21.4 Å². The second kappa shape index (κ2) is 6.29. The minimum atomic E-state index is -0.375. The van der Waals surface area contributed by atoms with Gasteiger partial charge in [-0.15, -0.1) is 11.3 Å². The SMILES string of the molecule is Cc1cccc(C(C)OC(=O)c2sc(-c3ncn[nH]3)nc2C)c1. The molecule has 0 radical (unpaired) electrons. The van der Waals surface area contributed by atoms with Crippen molar-refractivity contribution in [1.82, 2.24) is 20.2 Å². The monoisotopic (exact) mass is 328 g/mol. The van der Waals surface area contributed by atoms with Gasteiger partial charge in [0.1, 0.15) is 17.3 Å². The van der Waals surface area contributed by atoms with Crippen LogP contribution in [0.25, 0.3) is 10.8 Å². The highest BCUT2D eigenvalue weighted by Crippen LogP contribution is 2.27. The Morgan fingerprint density at radius 3 is 2.87 bits per heavy atom. The normalized spacial score (nSPS) is 12.1. The second-order valence-electron chi connectivity index (χ2n) is 5.23. The lowest BCUT2D eigenvalue weighted by Crippen LogP contribution is -2.09. The number of benzene rings is 1. The van der Waals surface area contributed by atoms with E-state index in [1.807, 2.05) is 38.1 Å². The van der Waals surface area contributed by atoms with Crippen molar-refractivity contribution < 1.29 is 9.53 Å². The summed E-state index contributed by atoms with van der Waals surface area (Å²) in [6.07, 6.45) is 1.08. The number of H-pyrrole nitrogens is 1. The van der Waals surface area contributed by atoms with Crippen LogP contribution in [0.3, 0.4) is 0 Å². The Hall–Kier alpha value is -2.54. The number of carbonyl (C=O) groups is 1. The van der Waals surface area contributed by atoms with E-state index in [4.69, 9.17) is 4.74 Å². The van der Waals surface area contributed by atoms with Crippen LogP contribution in [0.5, 0.6) is 0 Å². The van der Waals surface area contributed by atoms with Gasteiger partial charge in [-0.3, -0.25) is 5.10 Å². The largest absolute Gasteiger partial charge is 0.454 e. The highest BCUT2D eigenvalue weighted by molar-refractivity contribution is 7.16. The third-order valence-electron chi connectivity index (χ3n) is 3.39. The maximum absolute atomic E-state index is 12.4. The molecule has 0 aliphatic rings. The molecular formula is C16H16N4O2S. The molecule has 1 N–H and O–H groups in total. The zero-order valence-corrected chi connectivity index (χ0v) is 13.8. The molecule has 0 amide bonds. The van der Waals surface area contributed by atoms with E-state index in [1.165, 1.54) is 17.7 Å². The predicted molar refractivity (Wildman–Crippen MR) is 87.2 cm³/mol. The predicted octanol–water partition coefficient (Wildman–Crippen LogP) is 3.46. The van der Waals surface area contributed by atoms with E-state index < -0.39 is 0 Å². The van der Waals surface area contributed by atoms with Gasteiger partial charge in [0.05, 0.1) is 5.69 Å². The van der Waals surface area contributed by atoms with Crippen molar-refractivity contribution in [2.45, 2.75) is 26.9 Å². The summed E-state index contributed by atoms with van der Waals surface area (Å²) < 4.78 is 5.57. The summed E-state index contributed by atoms with van der Waals surface area (Å²) in [6, 6.07) is 7.92. The zero-order valence-electron chi connectivity index (χ0n) is 13.0. The summed E-state index contributed by atoms with van der Waals surface area (Å²) in [4.78, 5) is 21.3. The molecule has 6 nitrogen and oxygen atoms in total. The first-order valence-corrected chi connectivity index (χ1v) is 7.97. The van der Waals surface area contributed by atoms with Crippen molar-refractivity contribution in [3.8, 4) is 10.8 Å². The molecule has 0 spiro atoms. The van der Waals surface area contributed by atoms with Crippen LogP contribution in [0.4, 0.5) is 0 Å². The molecule has 118 valence electrons. The van der Waals surface area contributed by atoms with Crippen LogP contribution < -0.4 is 0 Å². The van der Waals surface area contributed by atoms with Crippen LogP contribution in [0.2, 0.25) is 0 Å². The fraction of sp³-hybridized carbons (Fsp3) is 0.250. The van der Waals surface area contributed by atoms with E-state index >= 15 is 0 Å². The fourth-order valence-corrected chi connectivity index (χ4v) is 3.10. The lowest BCUT2D eigenvalue weighted by atomic mass is 10.1. The molecule has 0 aliphatic carbocycles. The Balaban J connectivity index is 1.78. The molecule has 3 aromatic rings. The van der Waals surface area contributed by atoms with Crippen molar-refractivity contribution >= 4 is 17.3 Å². The maximum Gasteiger partial charge on any atom is 0.350 e. The van der Waals surface area contributed by atoms with Crippen LogP contribution in [0.15, 0.2) is 30.6 Å². The second-order valence-corrected chi connectivity index (χ2v) is 6.23. The van der Waals surface area contributed by atoms with Gasteiger partial charge in [-0.2, -0.15) is 5.10 Å². The van der Waals surface area contributed by atoms with E-state index in [1.54, 1.807) is 6.92 Å². The van der Waals surface area contributed by atoms with Crippen molar-refractivity contribution in [3.05, 3.63) is 52.3 Å². The lowest BCUT2D eigenvalue weighted by molar-refractivity contribution is 0.0342. The van der Waals surface area contributed by atoms with Gasteiger partial charge in [-0.05, 0) is 26.3 Å². The molecule has 0 aliphatic heterocycles. The molecular weight excluding hydrogens is 312 g/mol. The highest BCUT2D eigenvalue weighted by atomic mass is 32.1. The van der Waals surface area contributed by atoms with Crippen molar-refractivity contribution in [1.29, 1.82) is 0 Å². The summed E-state index contributed by atoms with van der Waals surface area (Å²) in [5, 5.41) is 7.15. The van der Waals surface area contributed by atoms with Gasteiger partial charge in [-0.1, -0.05) is 29.8 Å². The molecule has 1 unspecified atom stereocenters. The molecule has 23 heavy (non-hydrogen) atoms. The van der Waals surface area contributed by atoms with Gasteiger partial charge in [0.15, 0.2) is 10.8 Å². The molecule has 3 rings (SSSR count). The number of carbonyl (C=O) groups excluding carboxylic acids is 1. The Kier molecular flexibility index (Phi) is 4.20. The standard InChI is InChI=1S/C16H16N4O2S/c1-9-5-4-6-12(7-9)11(3)22-16(21)13-10(2)19-15(23-13)14-17-8-18-20-14/h4-8,11H,1-3H3,(H,17,18,20). The summed E-state index contributed by atoms with van der Waals surface area (Å²) in [6.45, 7) is 5.65. The number of thiazole rings is 1. The minimum Gasteiger partial charge on any atom is -0.454 e. The van der Waals surface area contributed by atoms with Gasteiger partial charge in [-0.25, -0.2) is 14.8 Å². The Morgan fingerprint density at radius 1 is 1.35 bits per heavy atom. The number of rotatable bonds is 4. The van der Waals surface area contributed by atoms with Crippen LogP contribution in [-0.4, -0.2) is 26.1 Å². The topological polar surface area (TPSA) is 80.8 Å². The Bertz CT molecular complexity index is 826. The molecule has 1 atom stereocenters.